The van der Waals surface area contributed by atoms with Gasteiger partial charge in [0.15, 0.2) is 0 Å². The SMILES string of the molecule is Cc1cnc2c(c1)CCC[CH-]2.[Na+]. The molecule has 0 amide bonds. The molecule has 1 aromatic rings. The van der Waals surface area contributed by atoms with Crippen LogP contribution in [0.1, 0.15) is 29.7 Å². The summed E-state index contributed by atoms with van der Waals surface area (Å²) in [7, 11) is 0. The average molecular weight is 169 g/mol. The van der Waals surface area contributed by atoms with Gasteiger partial charge in [0.1, 0.15) is 0 Å². The molecule has 2 rings (SSSR count). The number of nitrogens with zero attached hydrogens (tertiary/aromatic N) is 1. The van der Waals surface area contributed by atoms with Gasteiger partial charge in [-0.15, -0.1) is 12.5 Å². The standard InChI is InChI=1S/C10H12N.Na/c1-8-6-9-4-2-3-5-10(9)11-7-8;/h5-7H,2-4H2,1H3;/q-1;+1. The van der Waals surface area contributed by atoms with Crippen molar-refractivity contribution in [3.05, 3.63) is 35.5 Å². The maximum atomic E-state index is 4.36. The number of rotatable bonds is 0. The number of pyridine rings is 1. The van der Waals surface area contributed by atoms with Crippen molar-refractivity contribution >= 4 is 0 Å². The molecular weight excluding hydrogens is 157 g/mol. The largest absolute Gasteiger partial charge is 1.00 e. The maximum absolute atomic E-state index is 4.36. The Hall–Kier alpha value is 0.0200. The summed E-state index contributed by atoms with van der Waals surface area (Å²) in [5.41, 5.74) is 3.91. The molecule has 58 valence electrons. The first-order valence-corrected chi connectivity index (χ1v) is 4.15. The van der Waals surface area contributed by atoms with Crippen LogP contribution in [0.4, 0.5) is 0 Å². The van der Waals surface area contributed by atoms with Crippen molar-refractivity contribution < 1.29 is 29.6 Å². The fourth-order valence-electron chi connectivity index (χ4n) is 1.56. The first-order valence-electron chi connectivity index (χ1n) is 4.15. The molecule has 1 aromatic heterocycles. The van der Waals surface area contributed by atoms with Crippen molar-refractivity contribution in [2.45, 2.75) is 26.2 Å². The van der Waals surface area contributed by atoms with E-state index in [1.54, 1.807) is 0 Å². The number of hydrogen-bond acceptors (Lipinski definition) is 1. The van der Waals surface area contributed by atoms with Gasteiger partial charge >= 0.3 is 29.6 Å². The summed E-state index contributed by atoms with van der Waals surface area (Å²) in [6.07, 6.45) is 7.88. The fourth-order valence-corrected chi connectivity index (χ4v) is 1.56. The monoisotopic (exact) mass is 169 g/mol. The van der Waals surface area contributed by atoms with Crippen LogP contribution >= 0.6 is 0 Å². The third kappa shape index (κ3) is 2.03. The molecule has 0 saturated heterocycles. The van der Waals surface area contributed by atoms with Crippen molar-refractivity contribution in [2.75, 3.05) is 0 Å². The van der Waals surface area contributed by atoms with Crippen molar-refractivity contribution in [3.63, 3.8) is 0 Å². The zero-order chi connectivity index (χ0) is 7.68. The van der Waals surface area contributed by atoms with E-state index in [1.807, 2.05) is 6.20 Å². The van der Waals surface area contributed by atoms with Crippen molar-refractivity contribution in [1.82, 2.24) is 4.98 Å². The molecule has 1 aliphatic rings. The third-order valence-electron chi connectivity index (χ3n) is 2.13. The van der Waals surface area contributed by atoms with E-state index >= 15 is 0 Å². The molecule has 0 aromatic carbocycles. The van der Waals surface area contributed by atoms with Crippen LogP contribution in [0, 0.1) is 13.3 Å². The molecule has 0 atom stereocenters. The van der Waals surface area contributed by atoms with E-state index in [9.17, 15) is 0 Å². The van der Waals surface area contributed by atoms with Crippen LogP contribution in [0.15, 0.2) is 12.3 Å². The quantitative estimate of drug-likeness (QED) is 0.369. The van der Waals surface area contributed by atoms with Gasteiger partial charge in [-0.05, 0) is 6.92 Å². The molecule has 0 aliphatic heterocycles. The molecule has 0 N–H and O–H groups in total. The van der Waals surface area contributed by atoms with Crippen LogP contribution < -0.4 is 29.6 Å². The number of hydrogen-bond donors (Lipinski definition) is 0. The van der Waals surface area contributed by atoms with E-state index in [4.69, 9.17) is 0 Å². The van der Waals surface area contributed by atoms with Crippen molar-refractivity contribution in [3.8, 4) is 0 Å². The van der Waals surface area contributed by atoms with E-state index < -0.39 is 0 Å². The van der Waals surface area contributed by atoms with Crippen LogP contribution in [0.3, 0.4) is 0 Å². The minimum absolute atomic E-state index is 0. The Labute approximate surface area is 95.9 Å². The number of fused-ring (bicyclic) bond motifs is 1. The summed E-state index contributed by atoms with van der Waals surface area (Å²) < 4.78 is 0. The second kappa shape index (κ2) is 4.31. The zero-order valence-corrected chi connectivity index (χ0v) is 9.80. The van der Waals surface area contributed by atoms with Crippen molar-refractivity contribution in [1.29, 1.82) is 0 Å². The van der Waals surface area contributed by atoms with Gasteiger partial charge in [0.25, 0.3) is 0 Å². The molecule has 0 radical (unpaired) electrons. The molecule has 1 heterocycles. The Balaban J connectivity index is 0.000000720. The van der Waals surface area contributed by atoms with Gasteiger partial charge < -0.3 is 0 Å². The molecule has 1 nitrogen and oxygen atoms in total. The van der Waals surface area contributed by atoms with Gasteiger partial charge in [0.05, 0.1) is 0 Å². The van der Waals surface area contributed by atoms with Crippen LogP contribution in [-0.4, -0.2) is 4.98 Å². The summed E-state index contributed by atoms with van der Waals surface area (Å²) in [5, 5.41) is 0. The summed E-state index contributed by atoms with van der Waals surface area (Å²) in [6, 6.07) is 2.25. The van der Waals surface area contributed by atoms with Gasteiger partial charge in [-0.3, -0.25) is 4.98 Å². The van der Waals surface area contributed by atoms with Crippen molar-refractivity contribution in [2.24, 2.45) is 0 Å². The van der Waals surface area contributed by atoms with E-state index in [0.717, 1.165) is 0 Å². The summed E-state index contributed by atoms with van der Waals surface area (Å²) in [5.74, 6) is 0. The number of aryl methyl sites for hydroxylation is 2. The summed E-state index contributed by atoms with van der Waals surface area (Å²) >= 11 is 0. The second-order valence-corrected chi connectivity index (χ2v) is 3.15. The fraction of sp³-hybridized carbons (Fsp3) is 0.400. The second-order valence-electron chi connectivity index (χ2n) is 3.15. The first-order chi connectivity index (χ1) is 5.36. The summed E-state index contributed by atoms with van der Waals surface area (Å²) in [6.45, 7) is 2.10. The molecule has 2 heteroatoms. The van der Waals surface area contributed by atoms with E-state index in [1.165, 1.54) is 36.1 Å². The minimum atomic E-state index is 0. The Bertz CT molecular complexity index is 271. The average Bonchev–Trinajstić information content (AvgIpc) is 2.04. The Morgan fingerprint density at radius 1 is 1.50 bits per heavy atom. The maximum Gasteiger partial charge on any atom is 1.00 e. The normalized spacial score (nSPS) is 14.1. The predicted molar refractivity (Wildman–Crippen MR) is 45.3 cm³/mol. The van der Waals surface area contributed by atoms with Crippen LogP contribution in [0.25, 0.3) is 0 Å². The van der Waals surface area contributed by atoms with Crippen LogP contribution in [0.2, 0.25) is 0 Å². The Kier molecular flexibility index (Phi) is 3.63. The molecule has 0 spiro atoms. The van der Waals surface area contributed by atoms with Gasteiger partial charge in [-0.1, -0.05) is 24.1 Å². The minimum Gasteiger partial charge on any atom is -0.295 e. The van der Waals surface area contributed by atoms with E-state index in [0.29, 0.717) is 0 Å². The molecule has 0 saturated carbocycles. The Morgan fingerprint density at radius 2 is 2.33 bits per heavy atom. The molecule has 1 aliphatic carbocycles. The molecular formula is C10H12NNa. The topological polar surface area (TPSA) is 12.9 Å². The predicted octanol–water partition coefficient (Wildman–Crippen LogP) is -0.717. The van der Waals surface area contributed by atoms with Crippen LogP contribution in [0.5, 0.6) is 0 Å². The molecule has 0 unspecified atom stereocenters. The Morgan fingerprint density at radius 3 is 3.17 bits per heavy atom. The molecule has 0 bridgehead atoms. The van der Waals surface area contributed by atoms with Gasteiger partial charge in [-0.25, -0.2) is 6.42 Å². The van der Waals surface area contributed by atoms with E-state index in [2.05, 4.69) is 24.4 Å². The van der Waals surface area contributed by atoms with Gasteiger partial charge in [0.2, 0.25) is 0 Å². The zero-order valence-electron chi connectivity index (χ0n) is 7.80. The third-order valence-corrected chi connectivity index (χ3v) is 2.13. The molecule has 0 fully saturated rings. The summed E-state index contributed by atoms with van der Waals surface area (Å²) in [4.78, 5) is 4.36. The number of aromatic nitrogens is 1. The van der Waals surface area contributed by atoms with Gasteiger partial charge in [0, 0.05) is 6.20 Å². The van der Waals surface area contributed by atoms with Gasteiger partial charge in [-0.2, -0.15) is 5.56 Å². The van der Waals surface area contributed by atoms with Crippen LogP contribution in [-0.2, 0) is 6.42 Å². The van der Waals surface area contributed by atoms with E-state index in [-0.39, 0.29) is 29.6 Å². The first kappa shape index (κ1) is 10.1. The molecule has 12 heavy (non-hydrogen) atoms. The smallest absolute Gasteiger partial charge is 0.295 e.